The number of pyridine rings is 1. The summed E-state index contributed by atoms with van der Waals surface area (Å²) in [6, 6.07) is 9.02. The van der Waals surface area contributed by atoms with Crippen molar-refractivity contribution in [3.8, 4) is 0 Å². The van der Waals surface area contributed by atoms with Gasteiger partial charge in [0.25, 0.3) is 0 Å². The van der Waals surface area contributed by atoms with Crippen LogP contribution in [0.25, 0.3) is 5.65 Å². The van der Waals surface area contributed by atoms with Gasteiger partial charge in [-0.15, -0.1) is 10.2 Å². The van der Waals surface area contributed by atoms with Crippen LogP contribution in [-0.2, 0) is 0 Å². The Labute approximate surface area is 123 Å². The maximum atomic E-state index is 6.16. The Morgan fingerprint density at radius 1 is 1.11 bits per heavy atom. The smallest absolute Gasteiger partial charge is 0.200 e. The lowest BCUT2D eigenvalue weighted by Gasteiger charge is -2.06. The van der Waals surface area contributed by atoms with E-state index in [0.29, 0.717) is 20.9 Å². The molecule has 0 spiro atoms. The second-order valence-electron chi connectivity index (χ2n) is 3.83. The summed E-state index contributed by atoms with van der Waals surface area (Å²) in [6.07, 6.45) is 1.89. The van der Waals surface area contributed by atoms with Crippen LogP contribution >= 0.6 is 35.0 Å². The number of hydrogen-bond acceptors (Lipinski definition) is 4. The molecule has 0 aliphatic rings. The van der Waals surface area contributed by atoms with Gasteiger partial charge in [0.05, 0.1) is 14.9 Å². The summed E-state index contributed by atoms with van der Waals surface area (Å²) in [5.74, 6) is 0. The van der Waals surface area contributed by atoms with Crippen molar-refractivity contribution in [1.82, 2.24) is 14.6 Å². The minimum Gasteiger partial charge on any atom is -0.399 e. The van der Waals surface area contributed by atoms with Crippen molar-refractivity contribution in [3.63, 3.8) is 0 Å². The number of nitrogen functional groups attached to an aromatic ring is 1. The van der Waals surface area contributed by atoms with E-state index in [9.17, 15) is 0 Å². The lowest BCUT2D eigenvalue weighted by molar-refractivity contribution is 0.921. The number of rotatable bonds is 2. The Bertz CT molecular complexity index is 733. The third-order valence-corrected chi connectivity index (χ3v) is 4.42. The zero-order chi connectivity index (χ0) is 13.4. The van der Waals surface area contributed by atoms with Crippen molar-refractivity contribution in [3.05, 3.63) is 46.6 Å². The first-order valence-electron chi connectivity index (χ1n) is 5.37. The topological polar surface area (TPSA) is 56.2 Å². The van der Waals surface area contributed by atoms with Gasteiger partial charge in [-0.1, -0.05) is 29.3 Å². The molecule has 2 N–H and O–H groups in total. The van der Waals surface area contributed by atoms with E-state index >= 15 is 0 Å². The molecule has 0 saturated heterocycles. The fourth-order valence-corrected chi connectivity index (χ4v) is 3.22. The molecule has 2 heterocycles. The summed E-state index contributed by atoms with van der Waals surface area (Å²) in [7, 11) is 0. The zero-order valence-electron chi connectivity index (χ0n) is 9.55. The van der Waals surface area contributed by atoms with Crippen LogP contribution in [0.1, 0.15) is 0 Å². The molecule has 0 aliphatic heterocycles. The van der Waals surface area contributed by atoms with Crippen LogP contribution in [0.3, 0.4) is 0 Å². The van der Waals surface area contributed by atoms with E-state index in [4.69, 9.17) is 28.9 Å². The summed E-state index contributed by atoms with van der Waals surface area (Å²) in [5, 5.41) is 9.90. The lowest BCUT2D eigenvalue weighted by Crippen LogP contribution is -1.89. The summed E-state index contributed by atoms with van der Waals surface area (Å²) in [4.78, 5) is 0.718. The Morgan fingerprint density at radius 3 is 2.58 bits per heavy atom. The minimum atomic E-state index is 0.502. The first kappa shape index (κ1) is 12.6. The van der Waals surface area contributed by atoms with Crippen molar-refractivity contribution in [2.24, 2.45) is 0 Å². The van der Waals surface area contributed by atoms with Crippen molar-refractivity contribution in [1.29, 1.82) is 0 Å². The molecular formula is C12H8Cl2N4S. The molecule has 3 rings (SSSR count). The van der Waals surface area contributed by atoms with Crippen LogP contribution in [0.15, 0.2) is 46.6 Å². The van der Waals surface area contributed by atoms with Crippen LogP contribution < -0.4 is 5.73 Å². The minimum absolute atomic E-state index is 0.502. The van der Waals surface area contributed by atoms with Crippen LogP contribution in [-0.4, -0.2) is 14.6 Å². The number of aromatic nitrogens is 3. The van der Waals surface area contributed by atoms with Crippen molar-refractivity contribution in [2.75, 3.05) is 5.73 Å². The van der Waals surface area contributed by atoms with Gasteiger partial charge >= 0.3 is 0 Å². The number of nitrogens with zero attached hydrogens (tertiary/aromatic N) is 3. The van der Waals surface area contributed by atoms with Gasteiger partial charge in [0, 0.05) is 11.9 Å². The van der Waals surface area contributed by atoms with Crippen LogP contribution in [0, 0.1) is 0 Å². The monoisotopic (exact) mass is 310 g/mol. The van der Waals surface area contributed by atoms with Gasteiger partial charge in [0.15, 0.2) is 5.65 Å². The Balaban J connectivity index is 2.06. The molecule has 0 bridgehead atoms. The SMILES string of the molecule is Nc1cc(Cl)c(Sc2nnc3ccccn23)c(Cl)c1. The third kappa shape index (κ3) is 2.36. The van der Waals surface area contributed by atoms with E-state index in [-0.39, 0.29) is 0 Å². The molecule has 3 aromatic rings. The molecule has 0 radical (unpaired) electrons. The highest BCUT2D eigenvalue weighted by molar-refractivity contribution is 7.99. The molecule has 1 aromatic carbocycles. The van der Waals surface area contributed by atoms with Crippen LogP contribution in [0.2, 0.25) is 10.0 Å². The summed E-state index contributed by atoms with van der Waals surface area (Å²) < 4.78 is 1.87. The largest absolute Gasteiger partial charge is 0.399 e. The van der Waals surface area contributed by atoms with Gasteiger partial charge in [-0.25, -0.2) is 0 Å². The maximum absolute atomic E-state index is 6.16. The molecule has 4 nitrogen and oxygen atoms in total. The fourth-order valence-electron chi connectivity index (χ4n) is 1.66. The third-order valence-electron chi connectivity index (χ3n) is 2.50. The highest BCUT2D eigenvalue weighted by Crippen LogP contribution is 2.39. The molecule has 0 amide bonds. The molecule has 0 atom stereocenters. The average molecular weight is 311 g/mol. The predicted molar refractivity (Wildman–Crippen MR) is 78.0 cm³/mol. The summed E-state index contributed by atoms with van der Waals surface area (Å²) >= 11 is 13.7. The Morgan fingerprint density at radius 2 is 1.84 bits per heavy atom. The van der Waals surface area contributed by atoms with Gasteiger partial charge in [-0.3, -0.25) is 4.40 Å². The van der Waals surface area contributed by atoms with Gasteiger partial charge in [-0.05, 0) is 36.0 Å². The Kier molecular flexibility index (Phi) is 3.26. The van der Waals surface area contributed by atoms with Gasteiger partial charge in [0.1, 0.15) is 0 Å². The standard InChI is InChI=1S/C12H8Cl2N4S/c13-8-5-7(15)6-9(14)11(8)19-12-17-16-10-3-1-2-4-18(10)12/h1-6H,15H2. The van der Waals surface area contributed by atoms with E-state index in [2.05, 4.69) is 10.2 Å². The quantitative estimate of drug-likeness (QED) is 0.732. The van der Waals surface area contributed by atoms with E-state index < -0.39 is 0 Å². The number of fused-ring (bicyclic) bond motifs is 1. The fraction of sp³-hybridized carbons (Fsp3) is 0. The summed E-state index contributed by atoms with van der Waals surface area (Å²) in [6.45, 7) is 0. The number of anilines is 1. The van der Waals surface area contributed by atoms with Crippen LogP contribution in [0.5, 0.6) is 0 Å². The van der Waals surface area contributed by atoms with Gasteiger partial charge < -0.3 is 5.73 Å². The molecule has 2 aromatic heterocycles. The average Bonchev–Trinajstić information content (AvgIpc) is 2.77. The molecular weight excluding hydrogens is 303 g/mol. The highest BCUT2D eigenvalue weighted by atomic mass is 35.5. The van der Waals surface area contributed by atoms with Crippen molar-refractivity contribution >= 4 is 46.3 Å². The molecule has 0 unspecified atom stereocenters. The number of halogens is 2. The number of nitrogens with two attached hydrogens (primary N) is 1. The molecule has 96 valence electrons. The molecule has 0 saturated carbocycles. The van der Waals surface area contributed by atoms with E-state index in [1.807, 2.05) is 28.8 Å². The van der Waals surface area contributed by atoms with Gasteiger partial charge in [0.2, 0.25) is 5.16 Å². The normalized spacial score (nSPS) is 11.1. The highest BCUT2D eigenvalue weighted by Gasteiger charge is 2.13. The van der Waals surface area contributed by atoms with Crippen LogP contribution in [0.4, 0.5) is 5.69 Å². The van der Waals surface area contributed by atoms with E-state index in [1.54, 1.807) is 12.1 Å². The molecule has 0 aliphatic carbocycles. The van der Waals surface area contributed by atoms with Crippen molar-refractivity contribution in [2.45, 2.75) is 10.1 Å². The maximum Gasteiger partial charge on any atom is 0.200 e. The summed E-state index contributed by atoms with van der Waals surface area (Å²) in [5.41, 5.74) is 6.98. The molecule has 0 fully saturated rings. The zero-order valence-corrected chi connectivity index (χ0v) is 11.9. The van der Waals surface area contributed by atoms with Gasteiger partial charge in [-0.2, -0.15) is 0 Å². The van der Waals surface area contributed by atoms with E-state index in [1.165, 1.54) is 11.8 Å². The first-order valence-corrected chi connectivity index (χ1v) is 6.94. The van der Waals surface area contributed by atoms with Crippen molar-refractivity contribution < 1.29 is 0 Å². The lowest BCUT2D eigenvalue weighted by atomic mass is 10.3. The first-order chi connectivity index (χ1) is 9.15. The predicted octanol–water partition coefficient (Wildman–Crippen LogP) is 3.77. The Hall–Kier alpha value is -1.43. The molecule has 7 heteroatoms. The number of hydrogen-bond donors (Lipinski definition) is 1. The second-order valence-corrected chi connectivity index (χ2v) is 5.62. The molecule has 19 heavy (non-hydrogen) atoms. The van der Waals surface area contributed by atoms with E-state index in [0.717, 1.165) is 10.5 Å². The second kappa shape index (κ2) is 4.92. The number of benzene rings is 1.